The molecule has 26 heavy (non-hydrogen) atoms. The standard InChI is InChI=1S/C16H20F3N3O3S/c1-4-25-13(23)11-12(9-5-7-10(8-6-9)22(2)3)20-14(26)21-15(11,24)16(17,18)19/h5-8,11-12,24H,4H2,1-3H3,(H2,20,21,26)/t11-,12+,15+/m0/s1. The van der Waals surface area contributed by atoms with E-state index in [1.54, 1.807) is 29.6 Å². The Morgan fingerprint density at radius 3 is 2.38 bits per heavy atom. The normalized spacial score (nSPS) is 25.9. The van der Waals surface area contributed by atoms with E-state index in [2.05, 4.69) is 5.32 Å². The van der Waals surface area contributed by atoms with Crippen molar-refractivity contribution >= 4 is 29.0 Å². The average molecular weight is 391 g/mol. The molecule has 1 aromatic carbocycles. The van der Waals surface area contributed by atoms with E-state index < -0.39 is 34.9 Å². The molecule has 1 saturated heterocycles. The fourth-order valence-electron chi connectivity index (χ4n) is 2.79. The van der Waals surface area contributed by atoms with Crippen LogP contribution < -0.4 is 15.5 Å². The minimum atomic E-state index is -5.15. The number of carbonyl (C=O) groups excluding carboxylic acids is 1. The van der Waals surface area contributed by atoms with Crippen LogP contribution in [0.3, 0.4) is 0 Å². The molecule has 6 nitrogen and oxygen atoms in total. The van der Waals surface area contributed by atoms with Gasteiger partial charge in [-0.15, -0.1) is 0 Å². The van der Waals surface area contributed by atoms with E-state index in [4.69, 9.17) is 17.0 Å². The lowest BCUT2D eigenvalue weighted by Crippen LogP contribution is -2.73. The molecule has 0 radical (unpaired) electrons. The summed E-state index contributed by atoms with van der Waals surface area (Å²) in [5.74, 6) is -3.17. The number of nitrogens with one attached hydrogen (secondary N) is 2. The van der Waals surface area contributed by atoms with Gasteiger partial charge < -0.3 is 25.4 Å². The van der Waals surface area contributed by atoms with Crippen LogP contribution in [0.5, 0.6) is 0 Å². The van der Waals surface area contributed by atoms with Crippen LogP contribution in [0.25, 0.3) is 0 Å². The van der Waals surface area contributed by atoms with E-state index in [1.165, 1.54) is 6.92 Å². The Labute approximate surface area is 154 Å². The Morgan fingerprint density at radius 2 is 1.92 bits per heavy atom. The molecule has 3 atom stereocenters. The summed E-state index contributed by atoms with van der Waals surface area (Å²) in [6.07, 6.45) is -5.15. The summed E-state index contributed by atoms with van der Waals surface area (Å²) in [4.78, 5) is 14.1. The molecular weight excluding hydrogens is 371 g/mol. The number of aliphatic hydroxyl groups is 1. The molecule has 1 fully saturated rings. The largest absolute Gasteiger partial charge is 0.466 e. The van der Waals surface area contributed by atoms with Crippen LogP contribution in [0.1, 0.15) is 18.5 Å². The van der Waals surface area contributed by atoms with Crippen LogP contribution in [-0.2, 0) is 9.53 Å². The molecule has 0 aromatic heterocycles. The van der Waals surface area contributed by atoms with E-state index in [0.717, 1.165) is 5.69 Å². The van der Waals surface area contributed by atoms with Gasteiger partial charge in [-0.05, 0) is 36.8 Å². The number of ether oxygens (including phenoxy) is 1. The SMILES string of the molecule is CCOC(=O)[C@@H]1[C@@H](c2ccc(N(C)C)cc2)NC(=S)N[C@]1(O)C(F)(F)F. The van der Waals surface area contributed by atoms with Gasteiger partial charge >= 0.3 is 12.1 Å². The zero-order valence-corrected chi connectivity index (χ0v) is 15.2. The molecule has 0 unspecified atom stereocenters. The minimum Gasteiger partial charge on any atom is -0.466 e. The molecule has 3 N–H and O–H groups in total. The molecule has 0 spiro atoms. The maximum Gasteiger partial charge on any atom is 0.437 e. The molecule has 1 aliphatic rings. The number of hydrogen-bond acceptors (Lipinski definition) is 5. The van der Waals surface area contributed by atoms with E-state index >= 15 is 0 Å². The first-order valence-corrected chi connectivity index (χ1v) is 8.23. The second-order valence-electron chi connectivity index (χ2n) is 6.06. The van der Waals surface area contributed by atoms with E-state index in [9.17, 15) is 23.1 Å². The summed E-state index contributed by atoms with van der Waals surface area (Å²) < 4.78 is 45.6. The third-order valence-electron chi connectivity index (χ3n) is 4.12. The highest BCUT2D eigenvalue weighted by molar-refractivity contribution is 7.80. The highest BCUT2D eigenvalue weighted by atomic mass is 32.1. The lowest BCUT2D eigenvalue weighted by atomic mass is 9.82. The Hall–Kier alpha value is -2.07. The summed E-state index contributed by atoms with van der Waals surface area (Å²) in [7, 11) is 3.63. The first kappa shape index (κ1) is 20.2. The lowest BCUT2D eigenvalue weighted by molar-refractivity contribution is -0.292. The molecule has 1 aliphatic heterocycles. The van der Waals surface area contributed by atoms with Crippen LogP contribution in [0.15, 0.2) is 24.3 Å². The smallest absolute Gasteiger partial charge is 0.437 e. The van der Waals surface area contributed by atoms with Crippen LogP contribution in [0.2, 0.25) is 0 Å². The molecule has 0 aliphatic carbocycles. The van der Waals surface area contributed by atoms with Gasteiger partial charge in [0.05, 0.1) is 12.6 Å². The summed E-state index contributed by atoms with van der Waals surface area (Å²) in [5.41, 5.74) is -2.36. The molecule has 1 heterocycles. The number of rotatable bonds is 4. The summed E-state index contributed by atoms with van der Waals surface area (Å²) >= 11 is 4.83. The summed E-state index contributed by atoms with van der Waals surface area (Å²) in [5, 5.41) is 14.4. The second-order valence-corrected chi connectivity index (χ2v) is 6.46. The average Bonchev–Trinajstić information content (AvgIpc) is 2.53. The van der Waals surface area contributed by atoms with E-state index in [1.807, 2.05) is 19.0 Å². The monoisotopic (exact) mass is 391 g/mol. The molecule has 144 valence electrons. The van der Waals surface area contributed by atoms with Crippen LogP contribution >= 0.6 is 12.2 Å². The first-order valence-electron chi connectivity index (χ1n) is 7.83. The number of anilines is 1. The maximum atomic E-state index is 13.6. The van der Waals surface area contributed by atoms with Crippen LogP contribution in [0.4, 0.5) is 18.9 Å². The number of thiocarbonyl (C=S) groups is 1. The Morgan fingerprint density at radius 1 is 1.35 bits per heavy atom. The van der Waals surface area contributed by atoms with Gasteiger partial charge in [0.1, 0.15) is 5.92 Å². The molecule has 0 bridgehead atoms. The Balaban J connectivity index is 2.52. The van der Waals surface area contributed by atoms with Crippen molar-refractivity contribution in [2.75, 3.05) is 25.6 Å². The van der Waals surface area contributed by atoms with Crippen LogP contribution in [-0.4, -0.2) is 48.8 Å². The van der Waals surface area contributed by atoms with Gasteiger partial charge in [-0.25, -0.2) is 0 Å². The van der Waals surface area contributed by atoms with Crippen molar-refractivity contribution < 1.29 is 27.8 Å². The van der Waals surface area contributed by atoms with Gasteiger partial charge in [-0.2, -0.15) is 13.2 Å². The van der Waals surface area contributed by atoms with Crippen molar-refractivity contribution in [3.63, 3.8) is 0 Å². The highest BCUT2D eigenvalue weighted by Gasteiger charge is 2.66. The molecule has 10 heteroatoms. The number of benzene rings is 1. The quantitative estimate of drug-likeness (QED) is 0.533. The second kappa shape index (κ2) is 7.28. The number of esters is 1. The van der Waals surface area contributed by atoms with Gasteiger partial charge in [-0.3, -0.25) is 4.79 Å². The zero-order chi connectivity index (χ0) is 19.7. The summed E-state index contributed by atoms with van der Waals surface area (Å²) in [6.45, 7) is 1.35. The molecule has 2 rings (SSSR count). The highest BCUT2D eigenvalue weighted by Crippen LogP contribution is 2.43. The first-order chi connectivity index (χ1) is 12.0. The molecular formula is C16H20F3N3O3S. The van der Waals surface area contributed by atoms with Crippen molar-refractivity contribution in [2.24, 2.45) is 5.92 Å². The summed E-state index contributed by atoms with van der Waals surface area (Å²) in [6, 6.07) is 5.31. The third-order valence-corrected chi connectivity index (χ3v) is 4.34. The zero-order valence-electron chi connectivity index (χ0n) is 14.4. The Kier molecular flexibility index (Phi) is 5.67. The predicted octanol–water partition coefficient (Wildman–Crippen LogP) is 1.70. The van der Waals surface area contributed by atoms with Gasteiger partial charge in [0.15, 0.2) is 5.11 Å². The van der Waals surface area contributed by atoms with Crippen molar-refractivity contribution in [1.82, 2.24) is 10.6 Å². The van der Waals surface area contributed by atoms with Crippen molar-refractivity contribution in [3.8, 4) is 0 Å². The number of carbonyl (C=O) groups is 1. The van der Waals surface area contributed by atoms with Crippen LogP contribution in [0, 0.1) is 5.92 Å². The van der Waals surface area contributed by atoms with E-state index in [-0.39, 0.29) is 6.61 Å². The van der Waals surface area contributed by atoms with Crippen molar-refractivity contribution in [3.05, 3.63) is 29.8 Å². The van der Waals surface area contributed by atoms with Crippen molar-refractivity contribution in [1.29, 1.82) is 0 Å². The minimum absolute atomic E-state index is 0.125. The number of halogens is 3. The fourth-order valence-corrected chi connectivity index (χ4v) is 3.08. The van der Waals surface area contributed by atoms with Gasteiger partial charge in [0, 0.05) is 19.8 Å². The van der Waals surface area contributed by atoms with Gasteiger partial charge in [0.25, 0.3) is 5.72 Å². The van der Waals surface area contributed by atoms with E-state index in [0.29, 0.717) is 5.56 Å². The van der Waals surface area contributed by atoms with Crippen molar-refractivity contribution in [2.45, 2.75) is 24.9 Å². The Bertz CT molecular complexity index is 682. The maximum absolute atomic E-state index is 13.6. The number of nitrogens with zero attached hydrogens (tertiary/aromatic N) is 1. The predicted molar refractivity (Wildman–Crippen MR) is 93.5 cm³/mol. The van der Waals surface area contributed by atoms with Gasteiger partial charge in [0.2, 0.25) is 0 Å². The third kappa shape index (κ3) is 3.70. The number of hydrogen-bond donors (Lipinski definition) is 3. The van der Waals surface area contributed by atoms with Gasteiger partial charge in [-0.1, -0.05) is 12.1 Å². The molecule has 0 saturated carbocycles. The molecule has 0 amide bonds. The topological polar surface area (TPSA) is 73.8 Å². The molecule has 1 aromatic rings. The lowest BCUT2D eigenvalue weighted by Gasteiger charge is -2.45. The fraction of sp³-hybridized carbons (Fsp3) is 0.500. The number of alkyl halides is 3.